The van der Waals surface area contributed by atoms with Crippen molar-refractivity contribution in [3.05, 3.63) is 29.6 Å². The lowest BCUT2D eigenvalue weighted by molar-refractivity contribution is 0.296. The highest BCUT2D eigenvalue weighted by Gasteiger charge is 2.33. The van der Waals surface area contributed by atoms with Crippen molar-refractivity contribution < 1.29 is 9.13 Å². The van der Waals surface area contributed by atoms with Gasteiger partial charge in [-0.1, -0.05) is 25.3 Å². The number of halogens is 1. The summed E-state index contributed by atoms with van der Waals surface area (Å²) in [6.07, 6.45) is 5.77. The summed E-state index contributed by atoms with van der Waals surface area (Å²) in [5.74, 6) is 0.0666. The lowest BCUT2D eigenvalue weighted by Gasteiger charge is -2.37. The average molecular weight is 251 g/mol. The number of hydrogen-bond donors (Lipinski definition) is 1. The van der Waals surface area contributed by atoms with Crippen LogP contribution in [0.5, 0.6) is 5.75 Å². The molecule has 1 fully saturated rings. The van der Waals surface area contributed by atoms with Gasteiger partial charge >= 0.3 is 0 Å². The Labute approximate surface area is 108 Å². The first kappa shape index (κ1) is 13.3. The molecule has 2 rings (SSSR count). The van der Waals surface area contributed by atoms with Crippen molar-refractivity contribution in [2.24, 2.45) is 5.73 Å². The average Bonchev–Trinajstić information content (AvgIpc) is 2.42. The second-order valence-corrected chi connectivity index (χ2v) is 5.12. The van der Waals surface area contributed by atoms with Crippen LogP contribution in [0.2, 0.25) is 0 Å². The summed E-state index contributed by atoms with van der Waals surface area (Å²) < 4.78 is 19.2. The largest absolute Gasteiger partial charge is 0.491 e. The minimum Gasteiger partial charge on any atom is -0.491 e. The first-order valence-electron chi connectivity index (χ1n) is 6.85. The first-order chi connectivity index (χ1) is 8.72. The van der Waals surface area contributed by atoms with Gasteiger partial charge in [0.1, 0.15) is 0 Å². The van der Waals surface area contributed by atoms with Crippen LogP contribution in [0.4, 0.5) is 4.39 Å². The zero-order valence-electron chi connectivity index (χ0n) is 11.0. The van der Waals surface area contributed by atoms with Crippen molar-refractivity contribution in [3.63, 3.8) is 0 Å². The third-order valence-electron chi connectivity index (χ3n) is 4.05. The van der Waals surface area contributed by atoms with E-state index in [9.17, 15) is 4.39 Å². The zero-order chi connectivity index (χ0) is 13.0. The van der Waals surface area contributed by atoms with E-state index in [4.69, 9.17) is 10.5 Å². The zero-order valence-corrected chi connectivity index (χ0v) is 11.0. The smallest absolute Gasteiger partial charge is 0.165 e. The maximum Gasteiger partial charge on any atom is 0.165 e. The van der Waals surface area contributed by atoms with Crippen LogP contribution in [0.1, 0.15) is 44.6 Å². The van der Waals surface area contributed by atoms with E-state index in [1.165, 1.54) is 19.3 Å². The van der Waals surface area contributed by atoms with Crippen molar-refractivity contribution in [2.45, 2.75) is 44.4 Å². The van der Waals surface area contributed by atoms with Gasteiger partial charge in [0.15, 0.2) is 11.6 Å². The van der Waals surface area contributed by atoms with Crippen LogP contribution in [0.15, 0.2) is 18.2 Å². The molecule has 1 saturated carbocycles. The normalized spacial score (nSPS) is 18.6. The Morgan fingerprint density at radius 3 is 2.56 bits per heavy atom. The van der Waals surface area contributed by atoms with E-state index in [2.05, 4.69) is 0 Å². The summed E-state index contributed by atoms with van der Waals surface area (Å²) in [6, 6.07) is 5.33. The highest BCUT2D eigenvalue weighted by Crippen LogP contribution is 2.39. The van der Waals surface area contributed by atoms with Gasteiger partial charge in [-0.15, -0.1) is 0 Å². The Hall–Kier alpha value is -1.09. The van der Waals surface area contributed by atoms with Crippen LogP contribution in [-0.4, -0.2) is 13.2 Å². The van der Waals surface area contributed by atoms with Gasteiger partial charge in [-0.05, 0) is 37.5 Å². The SMILES string of the molecule is CCOc1ccc(C2(CN)CCCCC2)cc1F. The molecule has 0 spiro atoms. The van der Waals surface area contributed by atoms with Gasteiger partial charge in [-0.3, -0.25) is 0 Å². The maximum absolute atomic E-state index is 13.9. The fourth-order valence-electron chi connectivity index (χ4n) is 2.94. The lowest BCUT2D eigenvalue weighted by Crippen LogP contribution is -2.37. The molecule has 0 atom stereocenters. The Balaban J connectivity index is 2.28. The van der Waals surface area contributed by atoms with Crippen molar-refractivity contribution in [1.29, 1.82) is 0 Å². The van der Waals surface area contributed by atoms with E-state index >= 15 is 0 Å². The second kappa shape index (κ2) is 5.70. The molecule has 2 N–H and O–H groups in total. The molecule has 0 saturated heterocycles. The summed E-state index contributed by atoms with van der Waals surface area (Å²) in [6.45, 7) is 2.94. The third kappa shape index (κ3) is 2.51. The van der Waals surface area contributed by atoms with Crippen LogP contribution in [0.3, 0.4) is 0 Å². The Bertz CT molecular complexity index is 399. The Morgan fingerprint density at radius 2 is 2.00 bits per heavy atom. The molecule has 0 aliphatic heterocycles. The minimum atomic E-state index is -0.271. The minimum absolute atomic E-state index is 0.0240. The molecule has 0 aromatic heterocycles. The van der Waals surface area contributed by atoms with Gasteiger partial charge in [0, 0.05) is 12.0 Å². The number of ether oxygens (including phenoxy) is 1. The Kier molecular flexibility index (Phi) is 4.23. The van der Waals surface area contributed by atoms with Crippen LogP contribution < -0.4 is 10.5 Å². The molecule has 0 radical (unpaired) electrons. The van der Waals surface area contributed by atoms with Gasteiger partial charge in [-0.2, -0.15) is 0 Å². The summed E-state index contributed by atoms with van der Waals surface area (Å²) in [4.78, 5) is 0. The van der Waals surface area contributed by atoms with E-state index in [1.807, 2.05) is 13.0 Å². The van der Waals surface area contributed by atoms with Crippen LogP contribution in [-0.2, 0) is 5.41 Å². The Morgan fingerprint density at radius 1 is 1.28 bits per heavy atom. The van der Waals surface area contributed by atoms with Crippen LogP contribution in [0, 0.1) is 5.82 Å². The van der Waals surface area contributed by atoms with Gasteiger partial charge in [0.05, 0.1) is 6.61 Å². The summed E-state index contributed by atoms with van der Waals surface area (Å²) in [7, 11) is 0. The monoisotopic (exact) mass is 251 g/mol. The second-order valence-electron chi connectivity index (χ2n) is 5.12. The number of hydrogen-bond acceptors (Lipinski definition) is 2. The van der Waals surface area contributed by atoms with Gasteiger partial charge < -0.3 is 10.5 Å². The van der Waals surface area contributed by atoms with Crippen molar-refractivity contribution in [3.8, 4) is 5.75 Å². The molecule has 2 nitrogen and oxygen atoms in total. The van der Waals surface area contributed by atoms with E-state index in [1.54, 1.807) is 12.1 Å². The molecule has 3 heteroatoms. The molecule has 1 aliphatic rings. The van der Waals surface area contributed by atoms with Gasteiger partial charge in [-0.25, -0.2) is 4.39 Å². The molecule has 1 aromatic carbocycles. The molecule has 18 heavy (non-hydrogen) atoms. The molecule has 100 valence electrons. The quantitative estimate of drug-likeness (QED) is 0.890. The van der Waals surface area contributed by atoms with Gasteiger partial charge in [0.25, 0.3) is 0 Å². The summed E-state index contributed by atoms with van der Waals surface area (Å²) in [5, 5.41) is 0. The van der Waals surface area contributed by atoms with E-state index < -0.39 is 0 Å². The van der Waals surface area contributed by atoms with Crippen LogP contribution >= 0.6 is 0 Å². The highest BCUT2D eigenvalue weighted by atomic mass is 19.1. The maximum atomic E-state index is 13.9. The molecule has 1 aliphatic carbocycles. The lowest BCUT2D eigenvalue weighted by atomic mass is 9.69. The fourth-order valence-corrected chi connectivity index (χ4v) is 2.94. The third-order valence-corrected chi connectivity index (χ3v) is 4.05. The molecule has 0 unspecified atom stereocenters. The standard InChI is InChI=1S/C15H22FNO/c1-2-18-14-7-6-12(10-13(14)16)15(11-17)8-4-3-5-9-15/h6-7,10H,2-5,8-9,11,17H2,1H3. The molecular weight excluding hydrogens is 229 g/mol. The van der Waals surface area contributed by atoms with E-state index in [0.29, 0.717) is 18.9 Å². The number of nitrogens with two attached hydrogens (primary N) is 1. The predicted molar refractivity (Wildman–Crippen MR) is 71.4 cm³/mol. The fraction of sp³-hybridized carbons (Fsp3) is 0.600. The molecule has 0 heterocycles. The summed E-state index contributed by atoms with van der Waals surface area (Å²) in [5.41, 5.74) is 6.97. The molecule has 1 aromatic rings. The molecule has 0 amide bonds. The topological polar surface area (TPSA) is 35.2 Å². The first-order valence-corrected chi connectivity index (χ1v) is 6.85. The molecular formula is C15H22FNO. The highest BCUT2D eigenvalue weighted by molar-refractivity contribution is 5.34. The van der Waals surface area contributed by atoms with Crippen molar-refractivity contribution >= 4 is 0 Å². The predicted octanol–water partition coefficient (Wildman–Crippen LogP) is 3.39. The van der Waals surface area contributed by atoms with E-state index in [-0.39, 0.29) is 11.2 Å². The number of rotatable bonds is 4. The van der Waals surface area contributed by atoms with E-state index in [0.717, 1.165) is 18.4 Å². The number of benzene rings is 1. The van der Waals surface area contributed by atoms with Crippen LogP contribution in [0.25, 0.3) is 0 Å². The van der Waals surface area contributed by atoms with Crippen molar-refractivity contribution in [1.82, 2.24) is 0 Å². The summed E-state index contributed by atoms with van der Waals surface area (Å²) >= 11 is 0. The molecule has 0 bridgehead atoms. The van der Waals surface area contributed by atoms with Crippen molar-refractivity contribution in [2.75, 3.05) is 13.2 Å². The van der Waals surface area contributed by atoms with Gasteiger partial charge in [0.2, 0.25) is 0 Å².